The number of hydrogen-bond acceptors (Lipinski definition) is 2. The van der Waals surface area contributed by atoms with Gasteiger partial charge in [-0.05, 0) is 0 Å². The van der Waals surface area contributed by atoms with Crippen LogP contribution in [0.25, 0.3) is 0 Å². The fourth-order valence-corrected chi connectivity index (χ4v) is 0.733. The van der Waals surface area contributed by atoms with E-state index in [0.717, 1.165) is 4.55 Å². The summed E-state index contributed by atoms with van der Waals surface area (Å²) in [6.07, 6.45) is 3.21. The normalized spacial score (nSPS) is 9.71. The third-order valence-corrected chi connectivity index (χ3v) is 1.37. The molecule has 0 heterocycles. The Morgan fingerprint density at radius 2 is 2.57 bits per heavy atom. The van der Waals surface area contributed by atoms with Crippen molar-refractivity contribution in [3.05, 3.63) is 12.4 Å². The molecule has 0 aromatic carbocycles. The molecule has 0 bridgehead atoms. The van der Waals surface area contributed by atoms with E-state index in [0.29, 0.717) is 0 Å². The monoisotopic (exact) mass is 212 g/mol. The van der Waals surface area contributed by atoms with Gasteiger partial charge in [-0.1, -0.05) is 4.51 Å². The smallest absolute Gasteiger partial charge is 0.0612 e. The lowest BCUT2D eigenvalue weighted by Gasteiger charge is -1.87. The van der Waals surface area contributed by atoms with Crippen molar-refractivity contribution in [2.45, 2.75) is 0 Å². The Balaban J connectivity index is 2.82. The quantitative estimate of drug-likeness (QED) is 0.307. The van der Waals surface area contributed by atoms with Gasteiger partial charge >= 0.3 is 0 Å². The van der Waals surface area contributed by atoms with Crippen LogP contribution in [0.3, 0.4) is 0 Å². The SMILES string of the molecule is C=ICN/C=C/N. The van der Waals surface area contributed by atoms with Gasteiger partial charge in [-0.3, -0.25) is 0 Å². The lowest BCUT2D eigenvalue weighted by molar-refractivity contribution is 1.08. The minimum atomic E-state index is 0.127. The minimum Gasteiger partial charge on any atom is -0.403 e. The summed E-state index contributed by atoms with van der Waals surface area (Å²) in [6, 6.07) is 0. The second kappa shape index (κ2) is 5.94. The van der Waals surface area contributed by atoms with Gasteiger partial charge in [0.2, 0.25) is 0 Å². The van der Waals surface area contributed by atoms with Gasteiger partial charge in [-0.25, -0.2) is 0 Å². The molecule has 0 fully saturated rings. The molecule has 0 saturated carbocycles. The van der Waals surface area contributed by atoms with Crippen molar-refractivity contribution in [2.75, 3.05) is 4.55 Å². The van der Waals surface area contributed by atoms with E-state index in [9.17, 15) is 0 Å². The number of halogens is 1. The number of nitrogens with two attached hydrogens (primary N) is 1. The zero-order valence-corrected chi connectivity index (χ0v) is 6.18. The van der Waals surface area contributed by atoms with E-state index < -0.39 is 0 Å². The molecular weight excluding hydrogens is 203 g/mol. The summed E-state index contributed by atoms with van der Waals surface area (Å²) in [5.74, 6) is 0. The molecule has 3 N–H and O–H groups in total. The number of nitrogens with one attached hydrogen (secondary N) is 1. The van der Waals surface area contributed by atoms with Gasteiger partial charge in [-0.15, -0.1) is 20.7 Å². The van der Waals surface area contributed by atoms with E-state index in [1.807, 2.05) is 0 Å². The molecule has 0 spiro atoms. The molecule has 0 amide bonds. The van der Waals surface area contributed by atoms with Crippen molar-refractivity contribution >= 4 is 25.2 Å². The molecule has 0 radical (unpaired) electrons. The van der Waals surface area contributed by atoms with Crippen LogP contribution >= 0.6 is 20.7 Å². The molecule has 42 valence electrons. The van der Waals surface area contributed by atoms with Crippen LogP contribution in [0.1, 0.15) is 0 Å². The van der Waals surface area contributed by atoms with Gasteiger partial charge < -0.3 is 11.1 Å². The summed E-state index contributed by atoms with van der Waals surface area (Å²) in [4.78, 5) is 0. The van der Waals surface area contributed by atoms with E-state index >= 15 is 0 Å². The summed E-state index contributed by atoms with van der Waals surface area (Å²) in [7, 11) is 0. The van der Waals surface area contributed by atoms with E-state index in [-0.39, 0.29) is 20.7 Å². The molecule has 0 aliphatic carbocycles. The molecule has 3 heteroatoms. The average Bonchev–Trinajstić information content (AvgIpc) is 1.69. The van der Waals surface area contributed by atoms with Gasteiger partial charge in [-0.2, -0.15) is 0 Å². The van der Waals surface area contributed by atoms with Gasteiger partial charge in [0, 0.05) is 12.4 Å². The summed E-state index contributed by atoms with van der Waals surface area (Å²) >= 11 is 0.127. The molecule has 0 saturated heterocycles. The van der Waals surface area contributed by atoms with Crippen LogP contribution in [0.15, 0.2) is 12.4 Å². The highest BCUT2D eigenvalue weighted by Crippen LogP contribution is 1.82. The van der Waals surface area contributed by atoms with Gasteiger partial charge in [0.25, 0.3) is 0 Å². The first kappa shape index (κ1) is 6.94. The Kier molecular flexibility index (Phi) is 5.89. The molecule has 0 aromatic heterocycles. The molecule has 0 unspecified atom stereocenters. The van der Waals surface area contributed by atoms with Crippen molar-refractivity contribution in [1.82, 2.24) is 5.32 Å². The predicted octanol–water partition coefficient (Wildman–Crippen LogP) is 0.366. The Morgan fingerprint density at radius 1 is 1.86 bits per heavy atom. The summed E-state index contributed by atoms with van der Waals surface area (Å²) in [5.41, 5.74) is 5.02. The van der Waals surface area contributed by atoms with Crippen LogP contribution in [-0.4, -0.2) is 9.07 Å². The van der Waals surface area contributed by atoms with E-state index in [2.05, 4.69) is 9.83 Å². The maximum absolute atomic E-state index is 5.02. The van der Waals surface area contributed by atoms with Crippen LogP contribution in [0.2, 0.25) is 0 Å². The number of hydrogen-bond donors (Lipinski definition) is 2. The highest BCUT2D eigenvalue weighted by atomic mass is 127. The fourth-order valence-electron chi connectivity index (χ4n) is 0.167. The van der Waals surface area contributed by atoms with Crippen LogP contribution in [-0.2, 0) is 0 Å². The van der Waals surface area contributed by atoms with Gasteiger partial charge in [0.15, 0.2) is 0 Å². The zero-order chi connectivity index (χ0) is 5.54. The topological polar surface area (TPSA) is 38.0 Å². The summed E-state index contributed by atoms with van der Waals surface area (Å²) < 4.78 is 4.74. The first-order valence-corrected chi connectivity index (χ1v) is 4.89. The Labute approximate surface area is 53.5 Å². The number of rotatable bonds is 3. The molecule has 0 aliphatic rings. The van der Waals surface area contributed by atoms with E-state index in [4.69, 9.17) is 5.73 Å². The minimum absolute atomic E-state index is 0.127. The van der Waals surface area contributed by atoms with Gasteiger partial charge in [0.1, 0.15) is 0 Å². The van der Waals surface area contributed by atoms with Crippen molar-refractivity contribution < 1.29 is 0 Å². The molecule has 0 atom stereocenters. The summed E-state index contributed by atoms with van der Waals surface area (Å²) in [6.45, 7) is 0. The van der Waals surface area contributed by atoms with Crippen LogP contribution in [0.5, 0.6) is 0 Å². The molecule has 0 rings (SSSR count). The first-order valence-electron chi connectivity index (χ1n) is 1.84. The Hall–Kier alpha value is -0.0600. The van der Waals surface area contributed by atoms with E-state index in [1.54, 1.807) is 6.20 Å². The maximum atomic E-state index is 5.02. The predicted molar refractivity (Wildman–Crippen MR) is 42.5 cm³/mol. The molecule has 7 heavy (non-hydrogen) atoms. The Morgan fingerprint density at radius 3 is 3.00 bits per heavy atom. The van der Waals surface area contributed by atoms with Gasteiger partial charge in [0.05, 0.1) is 4.55 Å². The fraction of sp³-hybridized carbons (Fsp3) is 0.250. The molecular formula is C4H9IN2. The van der Waals surface area contributed by atoms with Crippen LogP contribution in [0, 0.1) is 0 Å². The van der Waals surface area contributed by atoms with Crippen LogP contribution < -0.4 is 11.1 Å². The summed E-state index contributed by atoms with van der Waals surface area (Å²) in [5, 5.41) is 2.97. The zero-order valence-electron chi connectivity index (χ0n) is 4.02. The second-order valence-electron chi connectivity index (χ2n) is 0.886. The van der Waals surface area contributed by atoms with E-state index in [1.165, 1.54) is 6.20 Å². The van der Waals surface area contributed by atoms with Crippen molar-refractivity contribution in [2.24, 2.45) is 5.73 Å². The third kappa shape index (κ3) is 5.94. The lowest BCUT2D eigenvalue weighted by atomic mass is 10.9. The molecule has 2 nitrogen and oxygen atoms in total. The number of alkyl halides is 1. The molecule has 0 aliphatic heterocycles. The largest absolute Gasteiger partial charge is 0.403 e. The average molecular weight is 212 g/mol. The standard InChI is InChI=1S/C4H9IN2/c1-5-4-7-3-2-6/h2-3,7H,1,4,6H2/b3-2+. The maximum Gasteiger partial charge on any atom is 0.0612 e. The van der Waals surface area contributed by atoms with Crippen molar-refractivity contribution in [3.8, 4) is 0 Å². The molecule has 0 aromatic rings. The third-order valence-electron chi connectivity index (χ3n) is 0.386. The Bertz CT molecular complexity index is 70.1. The highest BCUT2D eigenvalue weighted by molar-refractivity contribution is 14.2. The van der Waals surface area contributed by atoms with Crippen molar-refractivity contribution in [1.29, 1.82) is 0 Å². The highest BCUT2D eigenvalue weighted by Gasteiger charge is 1.63. The van der Waals surface area contributed by atoms with Crippen LogP contribution in [0.4, 0.5) is 0 Å². The first-order chi connectivity index (χ1) is 3.41. The lowest BCUT2D eigenvalue weighted by Crippen LogP contribution is -2.00. The van der Waals surface area contributed by atoms with Crippen molar-refractivity contribution in [3.63, 3.8) is 0 Å². The second-order valence-corrected chi connectivity index (χ2v) is 2.73.